The highest BCUT2D eigenvalue weighted by Gasteiger charge is 2.11. The van der Waals surface area contributed by atoms with Crippen molar-refractivity contribution in [3.63, 3.8) is 0 Å². The van der Waals surface area contributed by atoms with Gasteiger partial charge < -0.3 is 5.73 Å². The summed E-state index contributed by atoms with van der Waals surface area (Å²) >= 11 is 0. The molecule has 0 aliphatic heterocycles. The third-order valence-corrected chi connectivity index (χ3v) is 2.92. The van der Waals surface area contributed by atoms with Crippen LogP contribution in [0.4, 0.5) is 0 Å². The zero-order chi connectivity index (χ0) is 14.5. The summed E-state index contributed by atoms with van der Waals surface area (Å²) in [7, 11) is 0. The Bertz CT molecular complexity index is 655. The Balaban J connectivity index is 2.20. The first-order valence-electron chi connectivity index (χ1n) is 6.26. The van der Waals surface area contributed by atoms with E-state index in [1.165, 1.54) is 6.08 Å². The third-order valence-electron chi connectivity index (χ3n) is 2.92. The quantitative estimate of drug-likeness (QED) is 0.683. The van der Waals surface area contributed by atoms with Crippen molar-refractivity contribution >= 4 is 11.6 Å². The van der Waals surface area contributed by atoms with Crippen LogP contribution in [0.5, 0.6) is 0 Å². The summed E-state index contributed by atoms with van der Waals surface area (Å²) in [6, 6.07) is 15.8. The van der Waals surface area contributed by atoms with E-state index in [2.05, 4.69) is 0 Å². The first kappa shape index (κ1) is 13.7. The SMILES string of the molecule is Cc1ccc(C(=O)C=C(N)C(=O)c2ccccc2)cc1. The van der Waals surface area contributed by atoms with Crippen molar-refractivity contribution in [1.82, 2.24) is 0 Å². The zero-order valence-corrected chi connectivity index (χ0v) is 11.2. The Kier molecular flexibility index (Phi) is 4.11. The second-order valence-corrected chi connectivity index (χ2v) is 4.53. The van der Waals surface area contributed by atoms with Crippen molar-refractivity contribution in [2.75, 3.05) is 0 Å². The molecule has 20 heavy (non-hydrogen) atoms. The average Bonchev–Trinajstić information content (AvgIpc) is 2.48. The summed E-state index contributed by atoms with van der Waals surface area (Å²) in [6.45, 7) is 1.94. The Hall–Kier alpha value is -2.68. The van der Waals surface area contributed by atoms with Crippen molar-refractivity contribution < 1.29 is 9.59 Å². The maximum atomic E-state index is 12.0. The number of benzene rings is 2. The van der Waals surface area contributed by atoms with Gasteiger partial charge in [0.2, 0.25) is 5.78 Å². The highest BCUT2D eigenvalue weighted by Crippen LogP contribution is 2.08. The second kappa shape index (κ2) is 5.97. The van der Waals surface area contributed by atoms with Crippen molar-refractivity contribution in [1.29, 1.82) is 0 Å². The van der Waals surface area contributed by atoms with Gasteiger partial charge in [-0.3, -0.25) is 9.59 Å². The fourth-order valence-corrected chi connectivity index (χ4v) is 1.76. The summed E-state index contributed by atoms with van der Waals surface area (Å²) in [6.07, 6.45) is 1.18. The molecule has 0 spiro atoms. The van der Waals surface area contributed by atoms with Crippen LogP contribution in [0.1, 0.15) is 26.3 Å². The fraction of sp³-hybridized carbons (Fsp3) is 0.0588. The van der Waals surface area contributed by atoms with Crippen LogP contribution in [0.15, 0.2) is 66.4 Å². The van der Waals surface area contributed by atoms with E-state index in [0.29, 0.717) is 11.1 Å². The lowest BCUT2D eigenvalue weighted by Crippen LogP contribution is -2.13. The van der Waals surface area contributed by atoms with Crippen LogP contribution in [-0.2, 0) is 0 Å². The molecular weight excluding hydrogens is 250 g/mol. The number of nitrogens with two attached hydrogens (primary N) is 1. The molecule has 2 aromatic carbocycles. The minimum Gasteiger partial charge on any atom is -0.395 e. The number of aryl methyl sites for hydroxylation is 1. The van der Waals surface area contributed by atoms with Gasteiger partial charge in [-0.2, -0.15) is 0 Å². The summed E-state index contributed by atoms with van der Waals surface area (Å²) in [5.41, 5.74) is 7.71. The van der Waals surface area contributed by atoms with Crippen molar-refractivity contribution in [2.45, 2.75) is 6.92 Å². The van der Waals surface area contributed by atoms with Crippen LogP contribution < -0.4 is 5.73 Å². The number of ketones is 2. The Morgan fingerprint density at radius 2 is 1.50 bits per heavy atom. The van der Waals surface area contributed by atoms with Gasteiger partial charge in [0.15, 0.2) is 5.78 Å². The van der Waals surface area contributed by atoms with E-state index in [-0.39, 0.29) is 17.3 Å². The number of hydrogen-bond acceptors (Lipinski definition) is 3. The van der Waals surface area contributed by atoms with Crippen LogP contribution in [0.25, 0.3) is 0 Å². The van der Waals surface area contributed by atoms with Crippen LogP contribution in [0, 0.1) is 6.92 Å². The molecule has 2 rings (SSSR count). The first-order valence-corrected chi connectivity index (χ1v) is 6.26. The first-order chi connectivity index (χ1) is 9.58. The number of carbonyl (C=O) groups excluding carboxylic acids is 2. The maximum absolute atomic E-state index is 12.0. The van der Waals surface area contributed by atoms with Crippen LogP contribution >= 0.6 is 0 Å². The lowest BCUT2D eigenvalue weighted by atomic mass is 10.0. The molecule has 100 valence electrons. The minimum absolute atomic E-state index is 0.0539. The predicted molar refractivity (Wildman–Crippen MR) is 78.6 cm³/mol. The van der Waals surface area contributed by atoms with Gasteiger partial charge in [0, 0.05) is 17.2 Å². The minimum atomic E-state index is -0.342. The number of hydrogen-bond donors (Lipinski definition) is 1. The molecule has 0 heterocycles. The van der Waals surface area contributed by atoms with Gasteiger partial charge >= 0.3 is 0 Å². The molecule has 3 nitrogen and oxygen atoms in total. The summed E-state index contributed by atoms with van der Waals surface area (Å²) in [4.78, 5) is 24.0. The third kappa shape index (κ3) is 3.20. The summed E-state index contributed by atoms with van der Waals surface area (Å²) in [5.74, 6) is -0.613. The largest absolute Gasteiger partial charge is 0.395 e. The highest BCUT2D eigenvalue weighted by molar-refractivity contribution is 6.14. The standard InChI is InChI=1S/C17H15NO2/c1-12-7-9-13(10-8-12)16(19)11-15(18)17(20)14-5-3-2-4-6-14/h2-11H,18H2,1H3. The number of Topliss-reactive ketones (excluding diaryl/α,β-unsaturated/α-hetero) is 1. The molecule has 2 N–H and O–H groups in total. The van der Waals surface area contributed by atoms with Crippen LogP contribution in [0.3, 0.4) is 0 Å². The molecule has 0 bridgehead atoms. The van der Waals surface area contributed by atoms with Gasteiger partial charge in [0.05, 0.1) is 5.70 Å². The fourth-order valence-electron chi connectivity index (χ4n) is 1.76. The molecular formula is C17H15NO2. The molecule has 2 aromatic rings. The van der Waals surface area contributed by atoms with Gasteiger partial charge in [-0.25, -0.2) is 0 Å². The van der Waals surface area contributed by atoms with Crippen LogP contribution in [-0.4, -0.2) is 11.6 Å². The molecule has 0 aliphatic rings. The van der Waals surface area contributed by atoms with E-state index < -0.39 is 0 Å². The van der Waals surface area contributed by atoms with Crippen molar-refractivity contribution in [3.05, 3.63) is 83.1 Å². The van der Waals surface area contributed by atoms with E-state index in [9.17, 15) is 9.59 Å². The molecule has 3 heteroatoms. The zero-order valence-electron chi connectivity index (χ0n) is 11.2. The van der Waals surface area contributed by atoms with Gasteiger partial charge in [-0.15, -0.1) is 0 Å². The van der Waals surface area contributed by atoms with Gasteiger partial charge in [0.1, 0.15) is 0 Å². The number of carbonyl (C=O) groups is 2. The Morgan fingerprint density at radius 3 is 2.10 bits per heavy atom. The molecule has 0 saturated carbocycles. The molecule has 0 aliphatic carbocycles. The highest BCUT2D eigenvalue weighted by atomic mass is 16.1. The van der Waals surface area contributed by atoms with Crippen LogP contribution in [0.2, 0.25) is 0 Å². The van der Waals surface area contributed by atoms with E-state index in [0.717, 1.165) is 5.56 Å². The smallest absolute Gasteiger partial charge is 0.208 e. The summed E-state index contributed by atoms with van der Waals surface area (Å²) < 4.78 is 0. The molecule has 0 aromatic heterocycles. The normalized spacial score (nSPS) is 11.2. The van der Waals surface area contributed by atoms with E-state index in [1.807, 2.05) is 25.1 Å². The maximum Gasteiger partial charge on any atom is 0.208 e. The van der Waals surface area contributed by atoms with Crippen molar-refractivity contribution in [2.24, 2.45) is 5.73 Å². The molecule has 0 atom stereocenters. The van der Waals surface area contributed by atoms with Crippen molar-refractivity contribution in [3.8, 4) is 0 Å². The Labute approximate surface area is 117 Å². The predicted octanol–water partition coefficient (Wildman–Crippen LogP) is 2.90. The topological polar surface area (TPSA) is 60.2 Å². The lowest BCUT2D eigenvalue weighted by molar-refractivity contribution is 0.101. The summed E-state index contributed by atoms with van der Waals surface area (Å²) in [5, 5.41) is 0. The van der Waals surface area contributed by atoms with Gasteiger partial charge in [-0.1, -0.05) is 60.2 Å². The lowest BCUT2D eigenvalue weighted by Gasteiger charge is -2.01. The molecule has 0 radical (unpaired) electrons. The number of rotatable bonds is 4. The average molecular weight is 265 g/mol. The van der Waals surface area contributed by atoms with E-state index in [1.54, 1.807) is 36.4 Å². The van der Waals surface area contributed by atoms with Gasteiger partial charge in [0.25, 0.3) is 0 Å². The van der Waals surface area contributed by atoms with E-state index >= 15 is 0 Å². The van der Waals surface area contributed by atoms with Gasteiger partial charge in [-0.05, 0) is 6.92 Å². The second-order valence-electron chi connectivity index (χ2n) is 4.53. The van der Waals surface area contributed by atoms with E-state index in [4.69, 9.17) is 5.73 Å². The molecule has 0 amide bonds. The molecule has 0 unspecified atom stereocenters. The molecule has 0 saturated heterocycles. The number of allylic oxidation sites excluding steroid dienone is 2. The Morgan fingerprint density at radius 1 is 0.900 bits per heavy atom. The monoisotopic (exact) mass is 265 g/mol. The molecule has 0 fully saturated rings.